The Bertz CT molecular complexity index is 701. The number of carbonyl (C=O) groups excluding carboxylic acids is 1. The minimum absolute atomic E-state index is 0.0899. The molecule has 2 N–H and O–H groups in total. The summed E-state index contributed by atoms with van der Waals surface area (Å²) in [5, 5.41) is 20.3. The quantitative estimate of drug-likeness (QED) is 0.847. The van der Waals surface area contributed by atoms with E-state index in [2.05, 4.69) is 0 Å². The van der Waals surface area contributed by atoms with Crippen LogP contribution in [0.25, 0.3) is 0 Å². The van der Waals surface area contributed by atoms with Crippen molar-refractivity contribution in [2.45, 2.75) is 44.2 Å². The van der Waals surface area contributed by atoms with Crippen LogP contribution in [-0.4, -0.2) is 33.6 Å². The Kier molecular flexibility index (Phi) is 5.71. The van der Waals surface area contributed by atoms with Gasteiger partial charge in [0.15, 0.2) is 0 Å². The lowest BCUT2D eigenvalue weighted by Crippen LogP contribution is -2.36. The second-order valence-electron chi connectivity index (χ2n) is 6.67. The van der Waals surface area contributed by atoms with Gasteiger partial charge in [-0.1, -0.05) is 48.5 Å². The van der Waals surface area contributed by atoms with Crippen LogP contribution in [0.5, 0.6) is 5.75 Å². The molecule has 1 fully saturated rings. The van der Waals surface area contributed by atoms with Crippen LogP contribution in [0.4, 0.5) is 0 Å². The highest BCUT2D eigenvalue weighted by Crippen LogP contribution is 2.28. The summed E-state index contributed by atoms with van der Waals surface area (Å²) in [5.74, 6) is 0.346. The molecule has 0 aliphatic carbocycles. The fourth-order valence-corrected chi connectivity index (χ4v) is 3.59. The van der Waals surface area contributed by atoms with Crippen molar-refractivity contribution in [3.05, 3.63) is 65.7 Å². The Morgan fingerprint density at radius 3 is 2.60 bits per heavy atom. The van der Waals surface area contributed by atoms with Gasteiger partial charge in [-0.05, 0) is 42.9 Å². The van der Waals surface area contributed by atoms with Gasteiger partial charge in [0.05, 0.1) is 6.10 Å². The van der Waals surface area contributed by atoms with E-state index in [1.165, 1.54) is 0 Å². The lowest BCUT2D eigenvalue weighted by molar-refractivity contribution is -0.132. The summed E-state index contributed by atoms with van der Waals surface area (Å²) < 4.78 is 0. The molecule has 0 bridgehead atoms. The molecule has 3 rings (SSSR count). The van der Waals surface area contributed by atoms with Crippen molar-refractivity contribution in [1.82, 2.24) is 4.90 Å². The van der Waals surface area contributed by atoms with E-state index in [1.807, 2.05) is 47.4 Å². The molecule has 132 valence electrons. The summed E-state index contributed by atoms with van der Waals surface area (Å²) in [5.41, 5.74) is 1.70. The number of para-hydroxylation sites is 1. The number of aliphatic hydroxyl groups is 1. The van der Waals surface area contributed by atoms with E-state index in [4.69, 9.17) is 0 Å². The third-order valence-corrected chi connectivity index (χ3v) is 4.98. The van der Waals surface area contributed by atoms with Gasteiger partial charge in [0.2, 0.25) is 5.91 Å². The van der Waals surface area contributed by atoms with Crippen LogP contribution in [0.2, 0.25) is 0 Å². The summed E-state index contributed by atoms with van der Waals surface area (Å²) in [6, 6.07) is 16.8. The van der Waals surface area contributed by atoms with Crippen LogP contribution in [0.15, 0.2) is 54.6 Å². The van der Waals surface area contributed by atoms with E-state index in [0.717, 1.165) is 30.5 Å². The van der Waals surface area contributed by atoms with Gasteiger partial charge in [0.1, 0.15) is 5.75 Å². The summed E-state index contributed by atoms with van der Waals surface area (Å²) in [4.78, 5) is 14.5. The Morgan fingerprint density at radius 1 is 1.12 bits per heavy atom. The fraction of sp³-hybridized carbons (Fsp3) is 0.381. The lowest BCUT2D eigenvalue weighted by atomic mass is 10.00. The number of benzene rings is 2. The molecule has 2 unspecified atom stereocenters. The van der Waals surface area contributed by atoms with E-state index in [1.54, 1.807) is 12.1 Å². The number of amides is 1. The maximum atomic E-state index is 12.6. The molecule has 2 aromatic carbocycles. The van der Waals surface area contributed by atoms with Crippen molar-refractivity contribution in [3.8, 4) is 5.75 Å². The molecule has 0 radical (unpaired) electrons. The van der Waals surface area contributed by atoms with Crippen molar-refractivity contribution in [2.24, 2.45) is 0 Å². The highest BCUT2D eigenvalue weighted by Gasteiger charge is 2.30. The fourth-order valence-electron chi connectivity index (χ4n) is 3.59. The molecule has 1 saturated heterocycles. The lowest BCUT2D eigenvalue weighted by Gasteiger charge is -2.27. The molecule has 2 aromatic rings. The third kappa shape index (κ3) is 4.40. The van der Waals surface area contributed by atoms with Gasteiger partial charge in [0.25, 0.3) is 0 Å². The molecular weight excluding hydrogens is 314 g/mol. The van der Waals surface area contributed by atoms with Crippen LogP contribution in [0.3, 0.4) is 0 Å². The molecule has 25 heavy (non-hydrogen) atoms. The highest BCUT2D eigenvalue weighted by molar-refractivity contribution is 5.77. The zero-order valence-electron chi connectivity index (χ0n) is 14.3. The molecule has 2 atom stereocenters. The first-order valence-corrected chi connectivity index (χ1v) is 8.94. The number of nitrogens with zero attached hydrogens (tertiary/aromatic N) is 1. The van der Waals surface area contributed by atoms with Gasteiger partial charge in [-0.2, -0.15) is 0 Å². The summed E-state index contributed by atoms with van der Waals surface area (Å²) in [7, 11) is 0. The smallest absolute Gasteiger partial charge is 0.223 e. The number of aromatic hydroxyl groups is 1. The third-order valence-electron chi connectivity index (χ3n) is 4.98. The molecule has 0 saturated carbocycles. The maximum absolute atomic E-state index is 12.6. The number of aliphatic hydroxyl groups excluding tert-OH is 1. The Morgan fingerprint density at radius 2 is 1.84 bits per heavy atom. The molecule has 1 heterocycles. The molecule has 4 nitrogen and oxygen atoms in total. The standard InChI is InChI=1S/C21H25NO3/c23-19-11-5-4-9-17(19)12-13-21(25)22-14-6-10-18(22)15-20(24)16-7-2-1-3-8-16/h1-5,7-9,11,18,20,23-24H,6,10,12-15H2. The van der Waals surface area contributed by atoms with Gasteiger partial charge >= 0.3 is 0 Å². The predicted octanol–water partition coefficient (Wildman–Crippen LogP) is 3.44. The van der Waals surface area contributed by atoms with E-state index < -0.39 is 6.10 Å². The normalized spacial score (nSPS) is 18.3. The predicted molar refractivity (Wildman–Crippen MR) is 97.2 cm³/mol. The molecular formula is C21H25NO3. The number of aryl methyl sites for hydroxylation is 1. The van der Waals surface area contributed by atoms with Gasteiger partial charge in [-0.25, -0.2) is 0 Å². The SMILES string of the molecule is O=C(CCc1ccccc1O)N1CCCC1CC(O)c1ccccc1. The van der Waals surface area contributed by atoms with Crippen LogP contribution in [-0.2, 0) is 11.2 Å². The Balaban J connectivity index is 1.57. The molecule has 0 spiro atoms. The summed E-state index contributed by atoms with van der Waals surface area (Å²) in [6.45, 7) is 0.756. The molecule has 0 aromatic heterocycles. The topological polar surface area (TPSA) is 60.8 Å². The minimum Gasteiger partial charge on any atom is -0.508 e. The Labute approximate surface area is 148 Å². The Hall–Kier alpha value is -2.33. The summed E-state index contributed by atoms with van der Waals surface area (Å²) >= 11 is 0. The van der Waals surface area contributed by atoms with E-state index in [-0.39, 0.29) is 17.7 Å². The van der Waals surface area contributed by atoms with Crippen molar-refractivity contribution in [2.75, 3.05) is 6.54 Å². The second kappa shape index (κ2) is 8.17. The van der Waals surface area contributed by atoms with Crippen molar-refractivity contribution in [3.63, 3.8) is 0 Å². The number of phenolic OH excluding ortho intramolecular Hbond substituents is 1. The van der Waals surface area contributed by atoms with Crippen molar-refractivity contribution >= 4 is 5.91 Å². The molecule has 1 aliphatic heterocycles. The zero-order valence-corrected chi connectivity index (χ0v) is 14.3. The molecule has 1 aliphatic rings. The van der Waals surface area contributed by atoms with E-state index in [9.17, 15) is 15.0 Å². The van der Waals surface area contributed by atoms with E-state index in [0.29, 0.717) is 19.3 Å². The van der Waals surface area contributed by atoms with Gasteiger partial charge < -0.3 is 15.1 Å². The number of carbonyl (C=O) groups is 1. The first-order chi connectivity index (χ1) is 12.1. The number of likely N-dealkylation sites (tertiary alicyclic amines) is 1. The minimum atomic E-state index is -0.544. The van der Waals surface area contributed by atoms with Crippen LogP contribution in [0.1, 0.15) is 42.9 Å². The van der Waals surface area contributed by atoms with Crippen molar-refractivity contribution in [1.29, 1.82) is 0 Å². The molecule has 1 amide bonds. The van der Waals surface area contributed by atoms with Gasteiger partial charge in [-0.15, -0.1) is 0 Å². The summed E-state index contributed by atoms with van der Waals surface area (Å²) in [6.07, 6.45) is 2.87. The number of hydrogen-bond acceptors (Lipinski definition) is 3. The average Bonchev–Trinajstić information content (AvgIpc) is 3.09. The monoisotopic (exact) mass is 339 g/mol. The molecule has 4 heteroatoms. The van der Waals surface area contributed by atoms with Crippen molar-refractivity contribution < 1.29 is 15.0 Å². The number of phenols is 1. The van der Waals surface area contributed by atoms with Crippen LogP contribution < -0.4 is 0 Å². The zero-order chi connectivity index (χ0) is 17.6. The van der Waals surface area contributed by atoms with Gasteiger partial charge in [-0.3, -0.25) is 4.79 Å². The first kappa shape index (κ1) is 17.5. The maximum Gasteiger partial charge on any atom is 0.223 e. The first-order valence-electron chi connectivity index (χ1n) is 8.94. The number of rotatable bonds is 6. The van der Waals surface area contributed by atoms with Crippen LogP contribution >= 0.6 is 0 Å². The highest BCUT2D eigenvalue weighted by atomic mass is 16.3. The van der Waals surface area contributed by atoms with E-state index >= 15 is 0 Å². The van der Waals surface area contributed by atoms with Gasteiger partial charge in [0, 0.05) is 19.0 Å². The largest absolute Gasteiger partial charge is 0.508 e. The second-order valence-corrected chi connectivity index (χ2v) is 6.67. The number of hydrogen-bond donors (Lipinski definition) is 2. The van der Waals surface area contributed by atoms with Crippen LogP contribution in [0, 0.1) is 0 Å². The average molecular weight is 339 g/mol.